The van der Waals surface area contributed by atoms with E-state index in [2.05, 4.69) is 25.7 Å². The van der Waals surface area contributed by atoms with Crippen molar-refractivity contribution < 1.29 is 24.2 Å². The van der Waals surface area contributed by atoms with Gasteiger partial charge in [-0.15, -0.1) is 0 Å². The number of aliphatic hydroxyl groups excluding tert-OH is 1. The smallest absolute Gasteiger partial charge is 0.306 e. The highest BCUT2D eigenvalue weighted by Crippen LogP contribution is 2.21. The van der Waals surface area contributed by atoms with Gasteiger partial charge in [0.05, 0.1) is 6.61 Å². The Hall–Kier alpha value is -1.14. The second-order valence-electron chi connectivity index (χ2n) is 15.9. The van der Waals surface area contributed by atoms with Gasteiger partial charge in [0.25, 0.3) is 0 Å². The fourth-order valence-electron chi connectivity index (χ4n) is 6.95. The molecule has 0 amide bonds. The number of carbonyl (C=O) groups is 2. The quantitative estimate of drug-likeness (QED) is 0.0506. The molecule has 298 valence electrons. The van der Waals surface area contributed by atoms with Crippen LogP contribution in [0.1, 0.15) is 234 Å². The van der Waals surface area contributed by atoms with Gasteiger partial charge < -0.3 is 19.5 Å². The van der Waals surface area contributed by atoms with Crippen molar-refractivity contribution in [1.82, 2.24) is 4.90 Å². The topological polar surface area (TPSA) is 76.1 Å². The van der Waals surface area contributed by atoms with E-state index in [0.29, 0.717) is 19.4 Å². The van der Waals surface area contributed by atoms with E-state index in [1.54, 1.807) is 0 Å². The molecule has 0 aromatic heterocycles. The van der Waals surface area contributed by atoms with Crippen molar-refractivity contribution in [1.29, 1.82) is 0 Å². The summed E-state index contributed by atoms with van der Waals surface area (Å²) in [5.74, 6) is -0.0613. The van der Waals surface area contributed by atoms with Crippen LogP contribution in [0.2, 0.25) is 0 Å². The molecule has 0 saturated carbocycles. The first kappa shape index (κ1) is 48.9. The number of rotatable bonds is 39. The first-order valence-corrected chi connectivity index (χ1v) is 22.0. The molecule has 0 unspecified atom stereocenters. The lowest BCUT2D eigenvalue weighted by atomic mass is 9.99. The van der Waals surface area contributed by atoms with E-state index in [9.17, 15) is 14.7 Å². The Bertz CT molecular complexity index is 726. The molecule has 0 atom stereocenters. The molecule has 0 rings (SSSR count). The Balaban J connectivity index is 4.12. The van der Waals surface area contributed by atoms with Gasteiger partial charge in [-0.25, -0.2) is 0 Å². The molecule has 0 heterocycles. The third-order valence-electron chi connectivity index (χ3n) is 10.2. The lowest BCUT2D eigenvalue weighted by Crippen LogP contribution is -2.29. The van der Waals surface area contributed by atoms with Crippen LogP contribution >= 0.6 is 0 Å². The Morgan fingerprint density at radius 1 is 0.520 bits per heavy atom. The Kier molecular flexibility index (Phi) is 35.4. The van der Waals surface area contributed by atoms with Gasteiger partial charge in [-0.05, 0) is 91.1 Å². The number of carbonyl (C=O) groups excluding carboxylic acids is 2. The number of hydrogen-bond donors (Lipinski definition) is 1. The van der Waals surface area contributed by atoms with Gasteiger partial charge in [0.2, 0.25) is 0 Å². The van der Waals surface area contributed by atoms with E-state index in [0.717, 1.165) is 90.1 Å². The molecule has 0 aromatic carbocycles. The minimum atomic E-state index is -0.369. The Morgan fingerprint density at radius 2 is 0.920 bits per heavy atom. The Labute approximate surface area is 312 Å². The molecule has 0 aromatic rings. The third-order valence-corrected chi connectivity index (χ3v) is 10.2. The van der Waals surface area contributed by atoms with Crippen molar-refractivity contribution in [2.45, 2.75) is 245 Å². The molecule has 0 saturated heterocycles. The van der Waals surface area contributed by atoms with Gasteiger partial charge in [-0.2, -0.15) is 0 Å². The summed E-state index contributed by atoms with van der Waals surface area (Å²) in [5, 5.41) is 9.56. The maximum Gasteiger partial charge on any atom is 0.306 e. The monoisotopic (exact) mass is 710 g/mol. The summed E-state index contributed by atoms with van der Waals surface area (Å²) in [7, 11) is 0. The number of ether oxygens (including phenoxy) is 2. The molecular weight excluding hydrogens is 622 g/mol. The van der Waals surface area contributed by atoms with Crippen molar-refractivity contribution >= 4 is 11.9 Å². The summed E-state index contributed by atoms with van der Waals surface area (Å²) in [6, 6.07) is 0. The molecule has 0 spiro atoms. The van der Waals surface area contributed by atoms with Crippen LogP contribution in [0.5, 0.6) is 0 Å². The van der Waals surface area contributed by atoms with Crippen LogP contribution in [-0.4, -0.2) is 59.9 Å². The second kappa shape index (κ2) is 36.2. The highest BCUT2D eigenvalue weighted by molar-refractivity contribution is 5.70. The zero-order valence-electron chi connectivity index (χ0n) is 34.4. The molecule has 0 fully saturated rings. The van der Waals surface area contributed by atoms with Crippen LogP contribution in [-0.2, 0) is 19.1 Å². The summed E-state index contributed by atoms with van der Waals surface area (Å²) >= 11 is 0. The summed E-state index contributed by atoms with van der Waals surface area (Å²) in [5.41, 5.74) is -0.369. The zero-order valence-corrected chi connectivity index (χ0v) is 34.4. The summed E-state index contributed by atoms with van der Waals surface area (Å²) in [6.07, 6.45) is 35.3. The van der Waals surface area contributed by atoms with Crippen LogP contribution in [0, 0.1) is 0 Å². The molecule has 50 heavy (non-hydrogen) atoms. The van der Waals surface area contributed by atoms with Crippen molar-refractivity contribution in [3.8, 4) is 0 Å². The molecule has 0 radical (unpaired) electrons. The summed E-state index contributed by atoms with van der Waals surface area (Å²) < 4.78 is 11.8. The normalized spacial score (nSPS) is 11.9. The molecule has 0 aliphatic carbocycles. The third kappa shape index (κ3) is 34.0. The predicted octanol–water partition coefficient (Wildman–Crippen LogP) is 12.7. The lowest BCUT2D eigenvalue weighted by Gasteiger charge is -2.25. The average molecular weight is 710 g/mol. The van der Waals surface area contributed by atoms with E-state index in [-0.39, 0.29) is 30.3 Å². The van der Waals surface area contributed by atoms with Crippen LogP contribution < -0.4 is 0 Å². The maximum absolute atomic E-state index is 12.7. The first-order chi connectivity index (χ1) is 24.3. The van der Waals surface area contributed by atoms with Crippen molar-refractivity contribution in [3.05, 3.63) is 0 Å². The highest BCUT2D eigenvalue weighted by atomic mass is 16.6. The number of hydrogen-bond acceptors (Lipinski definition) is 6. The van der Waals surface area contributed by atoms with Crippen molar-refractivity contribution in [2.75, 3.05) is 26.2 Å². The van der Waals surface area contributed by atoms with Gasteiger partial charge in [-0.1, -0.05) is 143 Å². The predicted molar refractivity (Wildman–Crippen MR) is 214 cm³/mol. The van der Waals surface area contributed by atoms with E-state index >= 15 is 0 Å². The minimum Gasteiger partial charge on any atom is -0.462 e. The van der Waals surface area contributed by atoms with Crippen LogP contribution in [0.3, 0.4) is 0 Å². The first-order valence-electron chi connectivity index (χ1n) is 22.0. The van der Waals surface area contributed by atoms with Crippen molar-refractivity contribution in [3.63, 3.8) is 0 Å². The summed E-state index contributed by atoms with van der Waals surface area (Å²) in [4.78, 5) is 27.5. The highest BCUT2D eigenvalue weighted by Gasteiger charge is 2.22. The second-order valence-corrected chi connectivity index (χ2v) is 15.9. The van der Waals surface area contributed by atoms with E-state index < -0.39 is 0 Å². The lowest BCUT2D eigenvalue weighted by molar-refractivity contribution is -0.157. The van der Waals surface area contributed by atoms with Gasteiger partial charge in [0.15, 0.2) is 0 Å². The molecule has 0 aliphatic heterocycles. The molecular formula is C44H87NO5. The van der Waals surface area contributed by atoms with Gasteiger partial charge in [0.1, 0.15) is 11.7 Å². The Morgan fingerprint density at radius 3 is 1.42 bits per heavy atom. The standard InChI is InChI=1S/C44H87NO5/c1-6-9-12-15-19-25-32-41(33-26-20-16-13-10-7-2)49-42(47)34-27-21-18-23-30-37-45(39-40-46)38-31-24-28-35-43(48)50-44(4,5)36-29-22-17-14-11-8-3/h41,46H,6-40H2,1-5H3. The van der Waals surface area contributed by atoms with Crippen LogP contribution in [0.4, 0.5) is 0 Å². The summed E-state index contributed by atoms with van der Waals surface area (Å²) in [6.45, 7) is 13.7. The minimum absolute atomic E-state index is 0.00577. The van der Waals surface area contributed by atoms with E-state index in [4.69, 9.17) is 9.47 Å². The van der Waals surface area contributed by atoms with Crippen LogP contribution in [0.15, 0.2) is 0 Å². The average Bonchev–Trinajstić information content (AvgIpc) is 3.08. The number of unbranched alkanes of at least 4 members (excludes halogenated alkanes) is 21. The molecule has 6 nitrogen and oxygen atoms in total. The maximum atomic E-state index is 12.7. The number of aliphatic hydroxyl groups is 1. The largest absolute Gasteiger partial charge is 0.462 e. The van der Waals surface area contributed by atoms with Crippen LogP contribution in [0.25, 0.3) is 0 Å². The van der Waals surface area contributed by atoms with E-state index in [1.165, 1.54) is 109 Å². The molecule has 1 N–H and O–H groups in total. The molecule has 0 aliphatic rings. The van der Waals surface area contributed by atoms with E-state index in [1.807, 2.05) is 13.8 Å². The molecule has 0 bridgehead atoms. The zero-order chi connectivity index (χ0) is 37.0. The molecule has 6 heteroatoms. The van der Waals surface area contributed by atoms with Gasteiger partial charge >= 0.3 is 11.9 Å². The van der Waals surface area contributed by atoms with Gasteiger partial charge in [0, 0.05) is 19.4 Å². The number of esters is 2. The fraction of sp³-hybridized carbons (Fsp3) is 0.955. The number of nitrogens with zero attached hydrogens (tertiary/aromatic N) is 1. The van der Waals surface area contributed by atoms with Gasteiger partial charge in [-0.3, -0.25) is 9.59 Å². The van der Waals surface area contributed by atoms with Crippen molar-refractivity contribution in [2.24, 2.45) is 0 Å². The SMILES string of the molecule is CCCCCCCCC(CCCCCCCC)OC(=O)CCCCCCCN(CCO)CCCCCC(=O)OC(C)(C)CCCCCCCC. The fourth-order valence-corrected chi connectivity index (χ4v) is 6.95.